The van der Waals surface area contributed by atoms with E-state index in [0.29, 0.717) is 12.8 Å². The third-order valence-electron chi connectivity index (χ3n) is 4.19. The van der Waals surface area contributed by atoms with Crippen LogP contribution in [0.5, 0.6) is 0 Å². The summed E-state index contributed by atoms with van der Waals surface area (Å²) in [6.07, 6.45) is 20.9. The Labute approximate surface area is 147 Å². The predicted molar refractivity (Wildman–Crippen MR) is 98.3 cm³/mol. The lowest BCUT2D eigenvalue weighted by Gasteiger charge is -2.00. The first-order valence-electron chi connectivity index (χ1n) is 9.71. The molecule has 0 atom stereocenters. The van der Waals surface area contributed by atoms with Gasteiger partial charge in [0.05, 0.1) is 0 Å². The van der Waals surface area contributed by atoms with Crippen LogP contribution in [0, 0.1) is 0 Å². The van der Waals surface area contributed by atoms with Crippen molar-refractivity contribution in [3.63, 3.8) is 0 Å². The molecule has 2 N–H and O–H groups in total. The molecular formula is C20H36O4. The molecule has 0 radical (unpaired) electrons. The first-order chi connectivity index (χ1) is 11.6. The summed E-state index contributed by atoms with van der Waals surface area (Å²) in [5, 5.41) is 17.1. The van der Waals surface area contributed by atoms with Gasteiger partial charge in [0.15, 0.2) is 0 Å². The molecule has 4 nitrogen and oxygen atoms in total. The van der Waals surface area contributed by atoms with E-state index >= 15 is 0 Å². The van der Waals surface area contributed by atoms with E-state index in [1.165, 1.54) is 38.5 Å². The molecule has 0 aliphatic heterocycles. The number of hydrogen-bond acceptors (Lipinski definition) is 2. The minimum atomic E-state index is -0.682. The molecular weight excluding hydrogens is 304 g/mol. The minimum Gasteiger partial charge on any atom is -0.481 e. The zero-order valence-electron chi connectivity index (χ0n) is 15.2. The second-order valence-electron chi connectivity index (χ2n) is 6.58. The fourth-order valence-electron chi connectivity index (χ4n) is 2.73. The van der Waals surface area contributed by atoms with Gasteiger partial charge in [-0.25, -0.2) is 0 Å². The summed E-state index contributed by atoms with van der Waals surface area (Å²) in [6.45, 7) is 0. The van der Waals surface area contributed by atoms with E-state index in [0.717, 1.165) is 51.4 Å². The van der Waals surface area contributed by atoms with E-state index in [9.17, 15) is 9.59 Å². The van der Waals surface area contributed by atoms with E-state index in [1.54, 1.807) is 0 Å². The van der Waals surface area contributed by atoms with Gasteiger partial charge in [-0.05, 0) is 38.5 Å². The Morgan fingerprint density at radius 2 is 0.792 bits per heavy atom. The molecule has 24 heavy (non-hydrogen) atoms. The predicted octanol–water partition coefficient (Wildman–Crippen LogP) is 5.95. The summed E-state index contributed by atoms with van der Waals surface area (Å²) in [5.41, 5.74) is 0. The fourth-order valence-corrected chi connectivity index (χ4v) is 2.73. The molecule has 0 aromatic heterocycles. The van der Waals surface area contributed by atoms with Crippen LogP contribution in [0.4, 0.5) is 0 Å². The van der Waals surface area contributed by atoms with Gasteiger partial charge in [0.2, 0.25) is 0 Å². The van der Waals surface area contributed by atoms with Crippen molar-refractivity contribution in [1.82, 2.24) is 0 Å². The Balaban J connectivity index is 3.11. The number of carbonyl (C=O) groups is 2. The lowest BCUT2D eigenvalue weighted by atomic mass is 10.1. The molecule has 0 unspecified atom stereocenters. The number of allylic oxidation sites excluding steroid dienone is 2. The van der Waals surface area contributed by atoms with Crippen molar-refractivity contribution in [2.45, 2.75) is 103 Å². The van der Waals surface area contributed by atoms with Gasteiger partial charge in [-0.15, -0.1) is 0 Å². The van der Waals surface area contributed by atoms with E-state index in [1.807, 2.05) is 0 Å². The van der Waals surface area contributed by atoms with Crippen LogP contribution < -0.4 is 0 Å². The molecule has 0 saturated carbocycles. The summed E-state index contributed by atoms with van der Waals surface area (Å²) in [6, 6.07) is 0. The van der Waals surface area contributed by atoms with Crippen molar-refractivity contribution in [3.05, 3.63) is 12.2 Å². The van der Waals surface area contributed by atoms with Crippen molar-refractivity contribution in [2.24, 2.45) is 0 Å². The van der Waals surface area contributed by atoms with Gasteiger partial charge < -0.3 is 10.2 Å². The molecule has 0 bridgehead atoms. The topological polar surface area (TPSA) is 74.6 Å². The highest BCUT2D eigenvalue weighted by Crippen LogP contribution is 2.11. The quantitative estimate of drug-likeness (QED) is 0.239. The highest BCUT2D eigenvalue weighted by Gasteiger charge is 1.97. The Kier molecular flexibility index (Phi) is 17.0. The summed E-state index contributed by atoms with van der Waals surface area (Å²) in [5.74, 6) is -1.36. The van der Waals surface area contributed by atoms with Gasteiger partial charge in [0.1, 0.15) is 0 Å². The van der Waals surface area contributed by atoms with Crippen molar-refractivity contribution >= 4 is 11.9 Å². The standard InChI is InChI=1S/C20H36O4/c21-19(22)17-15-13-11-9-7-5-3-1-2-4-6-8-10-12-14-16-18-20(23)24/h1-2H,3-18H2,(H,21,22)(H,23,24). The minimum absolute atomic E-state index is 0.311. The molecule has 0 aliphatic rings. The van der Waals surface area contributed by atoms with Crippen LogP contribution in [0.15, 0.2) is 12.2 Å². The Hall–Kier alpha value is -1.32. The van der Waals surface area contributed by atoms with E-state index in [2.05, 4.69) is 12.2 Å². The molecule has 0 fully saturated rings. The van der Waals surface area contributed by atoms with Crippen molar-refractivity contribution in [1.29, 1.82) is 0 Å². The zero-order chi connectivity index (χ0) is 17.9. The van der Waals surface area contributed by atoms with Crippen LogP contribution in [0.3, 0.4) is 0 Å². The van der Waals surface area contributed by atoms with E-state index in [-0.39, 0.29) is 0 Å². The highest BCUT2D eigenvalue weighted by molar-refractivity contribution is 5.66. The van der Waals surface area contributed by atoms with Crippen LogP contribution in [-0.2, 0) is 9.59 Å². The molecule has 0 amide bonds. The fraction of sp³-hybridized carbons (Fsp3) is 0.800. The Morgan fingerprint density at radius 3 is 1.12 bits per heavy atom. The first kappa shape index (κ1) is 22.7. The van der Waals surface area contributed by atoms with Crippen molar-refractivity contribution < 1.29 is 19.8 Å². The van der Waals surface area contributed by atoms with Gasteiger partial charge in [-0.2, -0.15) is 0 Å². The maximum absolute atomic E-state index is 10.4. The van der Waals surface area contributed by atoms with E-state index < -0.39 is 11.9 Å². The lowest BCUT2D eigenvalue weighted by Crippen LogP contribution is -1.93. The van der Waals surface area contributed by atoms with Crippen LogP contribution in [-0.4, -0.2) is 22.2 Å². The summed E-state index contributed by atoms with van der Waals surface area (Å²) >= 11 is 0. The van der Waals surface area contributed by atoms with E-state index in [4.69, 9.17) is 10.2 Å². The van der Waals surface area contributed by atoms with Gasteiger partial charge in [0, 0.05) is 12.8 Å². The second-order valence-corrected chi connectivity index (χ2v) is 6.58. The molecule has 0 aromatic carbocycles. The average molecular weight is 341 g/mol. The third-order valence-corrected chi connectivity index (χ3v) is 4.19. The monoisotopic (exact) mass is 340 g/mol. The van der Waals surface area contributed by atoms with Crippen molar-refractivity contribution in [2.75, 3.05) is 0 Å². The molecule has 0 saturated heterocycles. The normalized spacial score (nSPS) is 11.2. The second kappa shape index (κ2) is 18.0. The number of carboxylic acid groups (broad SMARTS) is 2. The lowest BCUT2D eigenvalue weighted by molar-refractivity contribution is -0.138. The largest absolute Gasteiger partial charge is 0.481 e. The molecule has 0 aliphatic carbocycles. The summed E-state index contributed by atoms with van der Waals surface area (Å²) < 4.78 is 0. The van der Waals surface area contributed by atoms with Gasteiger partial charge in [0.25, 0.3) is 0 Å². The van der Waals surface area contributed by atoms with Crippen LogP contribution in [0.25, 0.3) is 0 Å². The van der Waals surface area contributed by atoms with Crippen LogP contribution >= 0.6 is 0 Å². The maximum Gasteiger partial charge on any atom is 0.303 e. The summed E-state index contributed by atoms with van der Waals surface area (Å²) in [7, 11) is 0. The molecule has 0 aromatic rings. The molecule has 4 heteroatoms. The van der Waals surface area contributed by atoms with Crippen LogP contribution in [0.1, 0.15) is 103 Å². The number of hydrogen-bond donors (Lipinski definition) is 2. The van der Waals surface area contributed by atoms with Gasteiger partial charge in [-0.3, -0.25) is 9.59 Å². The van der Waals surface area contributed by atoms with Gasteiger partial charge in [-0.1, -0.05) is 63.5 Å². The van der Waals surface area contributed by atoms with Crippen LogP contribution in [0.2, 0.25) is 0 Å². The molecule has 140 valence electrons. The first-order valence-corrected chi connectivity index (χ1v) is 9.71. The number of aliphatic carboxylic acids is 2. The smallest absolute Gasteiger partial charge is 0.303 e. The molecule has 0 rings (SSSR count). The summed E-state index contributed by atoms with van der Waals surface area (Å²) in [4.78, 5) is 20.7. The Bertz CT molecular complexity index is 305. The Morgan fingerprint density at radius 1 is 0.500 bits per heavy atom. The average Bonchev–Trinajstić information content (AvgIpc) is 2.53. The van der Waals surface area contributed by atoms with Gasteiger partial charge >= 0.3 is 11.9 Å². The number of rotatable bonds is 18. The molecule has 0 heterocycles. The number of carboxylic acids is 2. The number of unbranched alkanes of at least 4 members (excludes halogenated alkanes) is 12. The van der Waals surface area contributed by atoms with Crippen molar-refractivity contribution in [3.8, 4) is 0 Å². The zero-order valence-corrected chi connectivity index (χ0v) is 15.2. The molecule has 0 spiro atoms. The highest BCUT2D eigenvalue weighted by atomic mass is 16.4. The SMILES string of the molecule is O=C(O)CCCCCCCCC=CCCCCCCCCC(=O)O. The maximum atomic E-state index is 10.4. The third kappa shape index (κ3) is 20.7.